The number of hydrogen-bond acceptors (Lipinski definition) is 15. The highest BCUT2D eigenvalue weighted by atomic mass is 32.2. The van der Waals surface area contributed by atoms with Crippen LogP contribution in [-0.4, -0.2) is 169 Å². The molecule has 0 fully saturated rings. The van der Waals surface area contributed by atoms with Gasteiger partial charge in [0.2, 0.25) is 29.5 Å². The molecule has 82 heavy (non-hydrogen) atoms. The first-order valence-corrected chi connectivity index (χ1v) is 28.8. The molecule has 1 aliphatic heterocycles. The van der Waals surface area contributed by atoms with Crippen molar-refractivity contribution in [3.05, 3.63) is 84.0 Å². The van der Waals surface area contributed by atoms with Crippen molar-refractivity contribution in [2.75, 3.05) is 72.1 Å². The second-order valence-corrected chi connectivity index (χ2v) is 23.8. The number of imide groups is 1. The number of benzene rings is 2. The van der Waals surface area contributed by atoms with Gasteiger partial charge in [-0.1, -0.05) is 111 Å². The molecule has 0 unspecified atom stereocenters. The number of para-hydroxylation sites is 1. The zero-order chi connectivity index (χ0) is 61.5. The highest BCUT2D eigenvalue weighted by molar-refractivity contribution is 7.90. The minimum atomic E-state index is -4.73. The molecule has 24 nitrogen and oxygen atoms in total. The maximum absolute atomic E-state index is 14.5. The summed E-state index contributed by atoms with van der Waals surface area (Å²) in [6, 6.07) is 9.03. The van der Waals surface area contributed by atoms with Crippen LogP contribution in [0.2, 0.25) is 0 Å². The Kier molecular flexibility index (Phi) is 27.5. The maximum atomic E-state index is 14.5. The van der Waals surface area contributed by atoms with Gasteiger partial charge in [0.05, 0.1) is 64.0 Å². The number of sulfonamides is 1. The lowest BCUT2D eigenvalue weighted by Gasteiger charge is -2.40. The average molecular weight is 1170 g/mol. The second kappa shape index (κ2) is 32.5. The monoisotopic (exact) mass is 1170 g/mol. The molecule has 0 bridgehead atoms. The van der Waals surface area contributed by atoms with Crippen molar-refractivity contribution in [3.63, 3.8) is 0 Å². The fraction of sp³-hybridized carbons (Fsp3) is 0.561. The molecule has 0 saturated heterocycles. The van der Waals surface area contributed by atoms with E-state index in [-0.39, 0.29) is 89.2 Å². The summed E-state index contributed by atoms with van der Waals surface area (Å²) in [5, 5.41) is 16.4. The standard InChI is InChI=1S/C57H86N10O14S/c1-36(2)42(66(12)54(75)49(56(6,7)8)64-53(74)48(59-11)57(9,10)39-19-14-13-15-20-39)35-38(5)50(71)65-82(77,78)43-23-17-16-21-40(43)61-51(72)41(22-18-27-60-55(58)76)62-52(73)47(37(3)4)63-44(68)26-29-79-31-33-81-34-32-80-30-28-67-45(69)24-25-46(67)70/h13-17,19-21,23-25,35-37,41-42,47-49,59H,18,22,26-34H2,1-12H3,(H,61,72)(H,62,73)(H,63,68)(H,64,74)(H,65,71)(H3,58,60,76)/b38-35+/t41-,42+,47-,48+,49+/m0/s1. The minimum Gasteiger partial charge on any atom is -0.379 e. The Labute approximate surface area is 482 Å². The van der Waals surface area contributed by atoms with Gasteiger partial charge in [-0.25, -0.2) is 17.9 Å². The summed E-state index contributed by atoms with van der Waals surface area (Å²) in [7, 11) is -1.50. The van der Waals surface area contributed by atoms with E-state index in [0.717, 1.165) is 10.5 Å². The lowest BCUT2D eigenvalue weighted by atomic mass is 9.76. The van der Waals surface area contributed by atoms with Crippen molar-refractivity contribution in [3.8, 4) is 0 Å². The molecule has 2 aromatic carbocycles. The number of rotatable bonds is 34. The summed E-state index contributed by atoms with van der Waals surface area (Å²) in [5.41, 5.74) is 4.40. The number of likely N-dealkylation sites (N-methyl/N-ethyl adjacent to an activating group) is 2. The molecule has 10 amide bonds. The number of amides is 10. The van der Waals surface area contributed by atoms with Gasteiger partial charge in [0, 0.05) is 43.2 Å². The van der Waals surface area contributed by atoms with Crippen LogP contribution in [0.25, 0.3) is 0 Å². The first-order chi connectivity index (χ1) is 38.4. The zero-order valence-corrected chi connectivity index (χ0v) is 50.2. The molecular formula is C57H86N10O14S. The van der Waals surface area contributed by atoms with E-state index in [2.05, 4.69) is 36.6 Å². The van der Waals surface area contributed by atoms with Crippen molar-refractivity contribution in [2.24, 2.45) is 23.0 Å². The molecule has 3 rings (SSSR count). The van der Waals surface area contributed by atoms with Crippen molar-refractivity contribution in [2.45, 2.75) is 129 Å². The number of hydrogen-bond donors (Lipinski definition) is 8. The van der Waals surface area contributed by atoms with Gasteiger partial charge in [-0.15, -0.1) is 0 Å². The molecular weight excluding hydrogens is 1080 g/mol. The third kappa shape index (κ3) is 21.4. The molecule has 0 aromatic heterocycles. The van der Waals surface area contributed by atoms with Gasteiger partial charge in [0.1, 0.15) is 23.0 Å². The number of ether oxygens (including phenoxy) is 3. The number of primary amides is 1. The summed E-state index contributed by atoms with van der Waals surface area (Å²) in [4.78, 5) is 120. The third-order valence-corrected chi connectivity index (χ3v) is 14.9. The summed E-state index contributed by atoms with van der Waals surface area (Å²) in [5.74, 6) is -5.53. The number of urea groups is 1. The van der Waals surface area contributed by atoms with Crippen LogP contribution in [0.1, 0.15) is 94.1 Å². The van der Waals surface area contributed by atoms with E-state index in [1.54, 1.807) is 27.9 Å². The zero-order valence-electron chi connectivity index (χ0n) is 49.3. The molecule has 454 valence electrons. The number of nitrogens with one attached hydrogen (secondary N) is 7. The molecule has 25 heteroatoms. The molecule has 0 spiro atoms. The maximum Gasteiger partial charge on any atom is 0.312 e. The Hall–Kier alpha value is -7.06. The van der Waals surface area contributed by atoms with E-state index >= 15 is 0 Å². The smallest absolute Gasteiger partial charge is 0.312 e. The highest BCUT2D eigenvalue weighted by Gasteiger charge is 2.42. The number of nitrogens with zero attached hydrogens (tertiary/aromatic N) is 2. The second-order valence-electron chi connectivity index (χ2n) is 22.1. The van der Waals surface area contributed by atoms with Gasteiger partial charge in [-0.05, 0) is 61.8 Å². The van der Waals surface area contributed by atoms with Crippen molar-refractivity contribution in [1.29, 1.82) is 0 Å². The van der Waals surface area contributed by atoms with Crippen LogP contribution >= 0.6 is 0 Å². The first kappa shape index (κ1) is 69.2. The Balaban J connectivity index is 1.69. The van der Waals surface area contributed by atoms with Gasteiger partial charge in [0.15, 0.2) is 0 Å². The lowest BCUT2D eigenvalue weighted by molar-refractivity contribution is -0.141. The van der Waals surface area contributed by atoms with Crippen molar-refractivity contribution >= 4 is 69.0 Å². The predicted molar refractivity (Wildman–Crippen MR) is 308 cm³/mol. The van der Waals surface area contributed by atoms with Crippen LogP contribution in [-0.2, 0) is 68.0 Å². The number of nitrogens with two attached hydrogens (primary N) is 1. The van der Waals surface area contributed by atoms with E-state index in [9.17, 15) is 51.6 Å². The van der Waals surface area contributed by atoms with Gasteiger partial charge >= 0.3 is 6.03 Å². The SMILES string of the molecule is CN[C@H](C(=O)N[C@H](C(=O)N(C)[C@H](/C=C(\C)C(=O)NS(=O)(=O)c1ccccc1NC(=O)[C@H](CCCNC(N)=O)NC(=O)[C@@H](NC(=O)CCOCCOCCOCCN1C(=O)C=CC1=O)C(C)C)C(C)C)C(C)(C)C)C(C)(C)c1ccccc1. The Morgan fingerprint density at radius 1 is 0.732 bits per heavy atom. The van der Waals surface area contributed by atoms with Gasteiger partial charge in [0.25, 0.3) is 27.7 Å². The summed E-state index contributed by atoms with van der Waals surface area (Å²) in [6.45, 7) is 18.8. The minimum absolute atomic E-state index is 0.00919. The number of carbonyl (C=O) groups excluding carboxylic acids is 9. The Bertz CT molecular complexity index is 2690. The summed E-state index contributed by atoms with van der Waals surface area (Å²) < 4.78 is 46.5. The van der Waals surface area contributed by atoms with Crippen LogP contribution < -0.4 is 42.4 Å². The van der Waals surface area contributed by atoms with Crippen molar-refractivity contribution in [1.82, 2.24) is 41.1 Å². The van der Waals surface area contributed by atoms with E-state index in [1.165, 1.54) is 54.3 Å². The molecule has 0 radical (unpaired) electrons. The molecule has 1 aliphatic rings. The van der Waals surface area contributed by atoms with Gasteiger partial charge < -0.3 is 56.7 Å². The first-order valence-electron chi connectivity index (χ1n) is 27.3. The molecule has 2 aromatic rings. The highest BCUT2D eigenvalue weighted by Crippen LogP contribution is 2.29. The van der Waals surface area contributed by atoms with Gasteiger partial charge in [-0.2, -0.15) is 0 Å². The summed E-state index contributed by atoms with van der Waals surface area (Å²) in [6.07, 6.45) is 3.80. The molecule has 5 atom stereocenters. The summed E-state index contributed by atoms with van der Waals surface area (Å²) >= 11 is 0. The normalized spacial score (nSPS) is 14.9. The average Bonchev–Trinajstić information content (AvgIpc) is 3.92. The van der Waals surface area contributed by atoms with Gasteiger partial charge in [-0.3, -0.25) is 43.3 Å². The van der Waals surface area contributed by atoms with E-state index < -0.39 is 115 Å². The van der Waals surface area contributed by atoms with Crippen LogP contribution in [0, 0.1) is 17.3 Å². The number of carbonyl (C=O) groups is 9. The van der Waals surface area contributed by atoms with Crippen molar-refractivity contribution < 1.29 is 65.8 Å². The molecule has 0 saturated carbocycles. The van der Waals surface area contributed by atoms with Crippen LogP contribution in [0.15, 0.2) is 83.3 Å². The Morgan fingerprint density at radius 3 is 1.87 bits per heavy atom. The fourth-order valence-corrected chi connectivity index (χ4v) is 9.97. The fourth-order valence-electron chi connectivity index (χ4n) is 8.79. The molecule has 1 heterocycles. The molecule has 9 N–H and O–H groups in total. The third-order valence-electron chi connectivity index (χ3n) is 13.6. The van der Waals surface area contributed by atoms with Crippen LogP contribution in [0.4, 0.5) is 10.5 Å². The van der Waals surface area contributed by atoms with Crippen LogP contribution in [0.3, 0.4) is 0 Å². The van der Waals surface area contributed by atoms with E-state index in [0.29, 0.717) is 0 Å². The quantitative estimate of drug-likeness (QED) is 0.0283. The topological polar surface area (TPSA) is 332 Å². The van der Waals surface area contributed by atoms with Crippen LogP contribution in [0.5, 0.6) is 0 Å². The van der Waals surface area contributed by atoms with E-state index in [1.807, 2.05) is 78.8 Å². The number of anilines is 1. The lowest BCUT2D eigenvalue weighted by Crippen LogP contribution is -2.61. The Morgan fingerprint density at radius 2 is 1.30 bits per heavy atom. The van der Waals surface area contributed by atoms with E-state index in [4.69, 9.17) is 19.9 Å². The molecule has 0 aliphatic carbocycles. The largest absolute Gasteiger partial charge is 0.379 e. The predicted octanol–water partition coefficient (Wildman–Crippen LogP) is 2.40.